The van der Waals surface area contributed by atoms with Gasteiger partial charge in [-0.3, -0.25) is 9.48 Å². The van der Waals surface area contributed by atoms with Gasteiger partial charge in [0, 0.05) is 19.8 Å². The molecule has 0 saturated heterocycles. The minimum Gasteiger partial charge on any atom is -0.330 e. The van der Waals surface area contributed by atoms with Gasteiger partial charge in [-0.15, -0.1) is 0 Å². The third-order valence-corrected chi connectivity index (χ3v) is 2.65. The van der Waals surface area contributed by atoms with E-state index in [1.807, 2.05) is 27.1 Å². The zero-order valence-electron chi connectivity index (χ0n) is 10.2. The van der Waals surface area contributed by atoms with Crippen LogP contribution in [0, 0.1) is 5.92 Å². The summed E-state index contributed by atoms with van der Waals surface area (Å²) in [6.07, 6.45) is 3.37. The Hall–Kier alpha value is -1.36. The van der Waals surface area contributed by atoms with Gasteiger partial charge in [0.1, 0.15) is 0 Å². The summed E-state index contributed by atoms with van der Waals surface area (Å²) in [6, 6.07) is 0. The second-order valence-corrected chi connectivity index (χ2v) is 3.85. The van der Waals surface area contributed by atoms with Crippen molar-refractivity contribution >= 4 is 11.6 Å². The predicted octanol–water partition coefficient (Wildman–Crippen LogP) is 0.906. The first-order chi connectivity index (χ1) is 7.62. The number of hydrogen-bond donors (Lipinski definition) is 2. The van der Waals surface area contributed by atoms with Gasteiger partial charge in [0.15, 0.2) is 0 Å². The molecule has 5 nitrogen and oxygen atoms in total. The summed E-state index contributed by atoms with van der Waals surface area (Å²) >= 11 is 0. The predicted molar refractivity (Wildman–Crippen MR) is 64.1 cm³/mol. The molecule has 16 heavy (non-hydrogen) atoms. The van der Waals surface area contributed by atoms with Crippen LogP contribution in [0.1, 0.15) is 26.0 Å². The Labute approximate surface area is 96.0 Å². The van der Waals surface area contributed by atoms with Crippen molar-refractivity contribution in [2.24, 2.45) is 18.7 Å². The first-order valence-electron chi connectivity index (χ1n) is 5.65. The first kappa shape index (κ1) is 12.7. The average molecular weight is 224 g/mol. The van der Waals surface area contributed by atoms with Crippen LogP contribution in [-0.2, 0) is 18.3 Å². The highest BCUT2D eigenvalue weighted by Gasteiger charge is 2.16. The first-order valence-corrected chi connectivity index (χ1v) is 5.65. The molecule has 1 rings (SSSR count). The van der Waals surface area contributed by atoms with Crippen molar-refractivity contribution in [3.63, 3.8) is 0 Å². The Morgan fingerprint density at radius 2 is 2.31 bits per heavy atom. The maximum absolute atomic E-state index is 11.8. The molecular weight excluding hydrogens is 204 g/mol. The van der Waals surface area contributed by atoms with Crippen LogP contribution in [-0.4, -0.2) is 22.2 Å². The molecular formula is C11H20N4O. The van der Waals surface area contributed by atoms with Gasteiger partial charge in [-0.25, -0.2) is 0 Å². The molecule has 0 fully saturated rings. The molecule has 1 aromatic heterocycles. The van der Waals surface area contributed by atoms with E-state index in [9.17, 15) is 4.79 Å². The highest BCUT2D eigenvalue weighted by Crippen LogP contribution is 2.15. The topological polar surface area (TPSA) is 72.9 Å². The van der Waals surface area contributed by atoms with E-state index in [0.29, 0.717) is 6.54 Å². The van der Waals surface area contributed by atoms with Crippen LogP contribution in [0.4, 0.5) is 5.69 Å². The van der Waals surface area contributed by atoms with Crippen molar-refractivity contribution < 1.29 is 4.79 Å². The zero-order chi connectivity index (χ0) is 12.1. The van der Waals surface area contributed by atoms with Gasteiger partial charge in [-0.05, 0) is 12.8 Å². The fourth-order valence-electron chi connectivity index (χ4n) is 1.59. The Morgan fingerprint density at radius 1 is 1.62 bits per heavy atom. The summed E-state index contributed by atoms with van der Waals surface area (Å²) in [7, 11) is 1.84. The smallest absolute Gasteiger partial charge is 0.228 e. The molecule has 1 amide bonds. The lowest BCUT2D eigenvalue weighted by Crippen LogP contribution is -2.28. The average Bonchev–Trinajstić information content (AvgIpc) is 2.60. The summed E-state index contributed by atoms with van der Waals surface area (Å²) in [6.45, 7) is 4.35. The van der Waals surface area contributed by atoms with E-state index in [0.717, 1.165) is 24.2 Å². The summed E-state index contributed by atoms with van der Waals surface area (Å²) in [5.41, 5.74) is 7.23. The summed E-state index contributed by atoms with van der Waals surface area (Å²) in [5.74, 6) is -0.141. The van der Waals surface area contributed by atoms with Crippen molar-refractivity contribution in [2.75, 3.05) is 11.9 Å². The van der Waals surface area contributed by atoms with Crippen LogP contribution in [0.5, 0.6) is 0 Å². The lowest BCUT2D eigenvalue weighted by atomic mass is 10.1. The Morgan fingerprint density at radius 3 is 2.81 bits per heavy atom. The molecule has 0 bridgehead atoms. The molecule has 0 aliphatic carbocycles. The molecule has 0 spiro atoms. The quantitative estimate of drug-likeness (QED) is 0.780. The van der Waals surface area contributed by atoms with Crippen LogP contribution in [0.25, 0.3) is 0 Å². The SMILES string of the molecule is CCc1nn(C)cc1NC(=O)C(CC)CN. The van der Waals surface area contributed by atoms with Gasteiger partial charge in [0.05, 0.1) is 17.3 Å². The van der Waals surface area contributed by atoms with Crippen molar-refractivity contribution in [1.29, 1.82) is 0 Å². The largest absolute Gasteiger partial charge is 0.330 e. The number of carbonyl (C=O) groups is 1. The fraction of sp³-hybridized carbons (Fsp3) is 0.636. The minimum atomic E-state index is -0.120. The van der Waals surface area contributed by atoms with Gasteiger partial charge < -0.3 is 11.1 Å². The molecule has 0 radical (unpaired) electrons. The molecule has 0 saturated carbocycles. The molecule has 1 unspecified atom stereocenters. The van der Waals surface area contributed by atoms with Gasteiger partial charge in [-0.1, -0.05) is 13.8 Å². The molecule has 1 aromatic rings. The van der Waals surface area contributed by atoms with Crippen LogP contribution in [0.3, 0.4) is 0 Å². The number of nitrogens with one attached hydrogen (secondary N) is 1. The van der Waals surface area contributed by atoms with E-state index in [1.165, 1.54) is 0 Å². The highest BCUT2D eigenvalue weighted by atomic mass is 16.1. The Bertz CT molecular complexity index is 355. The molecule has 0 aliphatic heterocycles. The monoisotopic (exact) mass is 224 g/mol. The highest BCUT2D eigenvalue weighted by molar-refractivity contribution is 5.93. The van der Waals surface area contributed by atoms with Crippen LogP contribution in [0.15, 0.2) is 6.20 Å². The Balaban J connectivity index is 2.75. The summed E-state index contributed by atoms with van der Waals surface area (Å²) in [4.78, 5) is 11.8. The Kier molecular flexibility index (Phi) is 4.49. The van der Waals surface area contributed by atoms with E-state index in [-0.39, 0.29) is 11.8 Å². The number of anilines is 1. The van der Waals surface area contributed by atoms with Crippen molar-refractivity contribution in [3.8, 4) is 0 Å². The van der Waals surface area contributed by atoms with Crippen molar-refractivity contribution in [3.05, 3.63) is 11.9 Å². The summed E-state index contributed by atoms with van der Waals surface area (Å²) in [5, 5.41) is 7.15. The maximum atomic E-state index is 11.8. The number of aromatic nitrogens is 2. The van der Waals surface area contributed by atoms with Gasteiger partial charge >= 0.3 is 0 Å². The number of nitrogens with zero attached hydrogens (tertiary/aromatic N) is 2. The van der Waals surface area contributed by atoms with Crippen LogP contribution < -0.4 is 11.1 Å². The van der Waals surface area contributed by atoms with E-state index in [1.54, 1.807) is 4.68 Å². The molecule has 5 heteroatoms. The van der Waals surface area contributed by atoms with E-state index < -0.39 is 0 Å². The van der Waals surface area contributed by atoms with E-state index >= 15 is 0 Å². The lowest BCUT2D eigenvalue weighted by molar-refractivity contribution is -0.119. The second kappa shape index (κ2) is 5.65. The standard InChI is InChI=1S/C11H20N4O/c1-4-8(6-12)11(16)13-10-7-15(3)14-9(10)5-2/h7-8H,4-6,12H2,1-3H3,(H,13,16). The lowest BCUT2D eigenvalue weighted by Gasteiger charge is -2.11. The van der Waals surface area contributed by atoms with Gasteiger partial charge in [-0.2, -0.15) is 5.10 Å². The molecule has 0 aromatic carbocycles. The van der Waals surface area contributed by atoms with Crippen molar-refractivity contribution in [1.82, 2.24) is 9.78 Å². The number of hydrogen-bond acceptors (Lipinski definition) is 3. The minimum absolute atomic E-state index is 0.0206. The molecule has 3 N–H and O–H groups in total. The number of rotatable bonds is 5. The number of amides is 1. The molecule has 0 aliphatic rings. The third-order valence-electron chi connectivity index (χ3n) is 2.65. The van der Waals surface area contributed by atoms with Crippen molar-refractivity contribution in [2.45, 2.75) is 26.7 Å². The molecule has 1 heterocycles. The number of aryl methyl sites for hydroxylation is 2. The molecule has 90 valence electrons. The number of carbonyl (C=O) groups excluding carboxylic acids is 1. The zero-order valence-corrected chi connectivity index (χ0v) is 10.2. The third kappa shape index (κ3) is 2.82. The van der Waals surface area contributed by atoms with Gasteiger partial charge in [0.25, 0.3) is 0 Å². The van der Waals surface area contributed by atoms with Gasteiger partial charge in [0.2, 0.25) is 5.91 Å². The van der Waals surface area contributed by atoms with E-state index in [2.05, 4.69) is 10.4 Å². The fourth-order valence-corrected chi connectivity index (χ4v) is 1.59. The van der Waals surface area contributed by atoms with Crippen LogP contribution >= 0.6 is 0 Å². The van der Waals surface area contributed by atoms with E-state index in [4.69, 9.17) is 5.73 Å². The number of nitrogens with two attached hydrogens (primary N) is 1. The van der Waals surface area contributed by atoms with Crippen LogP contribution in [0.2, 0.25) is 0 Å². The summed E-state index contributed by atoms with van der Waals surface area (Å²) < 4.78 is 1.71. The second-order valence-electron chi connectivity index (χ2n) is 3.85. The molecule has 1 atom stereocenters. The maximum Gasteiger partial charge on any atom is 0.228 e. The normalized spacial score (nSPS) is 12.5.